The van der Waals surface area contributed by atoms with Crippen LogP contribution in [0.1, 0.15) is 23.6 Å². The Labute approximate surface area is 124 Å². The second kappa shape index (κ2) is 6.68. The van der Waals surface area contributed by atoms with Crippen LogP contribution in [0.5, 0.6) is 0 Å². The Morgan fingerprint density at radius 2 is 2.22 bits per heavy atom. The number of halogens is 2. The molecule has 1 atom stereocenters. The summed E-state index contributed by atoms with van der Waals surface area (Å²) in [6.07, 6.45) is 1.95. The summed E-state index contributed by atoms with van der Waals surface area (Å²) in [4.78, 5) is 0. The lowest BCUT2D eigenvalue weighted by molar-refractivity contribution is 0.516. The first kappa shape index (κ1) is 14.0. The number of nitrogens with one attached hydrogen (secondary N) is 1. The summed E-state index contributed by atoms with van der Waals surface area (Å²) in [6.45, 7) is 0. The van der Waals surface area contributed by atoms with Gasteiger partial charge in [0.15, 0.2) is 0 Å². The normalized spacial score (nSPS) is 12.6. The molecule has 0 aliphatic rings. The highest BCUT2D eigenvalue weighted by Gasteiger charge is 2.11. The first-order valence-electron chi connectivity index (χ1n) is 5.62. The number of hydrogen-bond acceptors (Lipinski definition) is 3. The van der Waals surface area contributed by atoms with Gasteiger partial charge in [0.1, 0.15) is 0 Å². The number of nitrogens with two attached hydrogens (primary N) is 1. The van der Waals surface area contributed by atoms with Crippen LogP contribution in [0, 0.1) is 0 Å². The molecule has 0 saturated heterocycles. The minimum absolute atomic E-state index is 0.111. The van der Waals surface area contributed by atoms with Crippen molar-refractivity contribution in [1.29, 1.82) is 0 Å². The number of hydrogen-bond donors (Lipinski definition) is 2. The van der Waals surface area contributed by atoms with Gasteiger partial charge in [0, 0.05) is 15.5 Å². The van der Waals surface area contributed by atoms with Crippen molar-refractivity contribution in [3.8, 4) is 0 Å². The van der Waals surface area contributed by atoms with Crippen molar-refractivity contribution in [3.05, 3.63) is 55.6 Å². The number of benzene rings is 1. The molecule has 0 bridgehead atoms. The lowest BCUT2D eigenvalue weighted by Crippen LogP contribution is -2.28. The van der Waals surface area contributed by atoms with Crippen LogP contribution in [0.2, 0.25) is 5.02 Å². The average Bonchev–Trinajstić information content (AvgIpc) is 2.81. The SMILES string of the molecule is NNC(CCc1ccsc1)c1cc(Cl)cc(Br)c1. The molecule has 0 radical (unpaired) electrons. The van der Waals surface area contributed by atoms with E-state index in [4.69, 9.17) is 17.4 Å². The van der Waals surface area contributed by atoms with Crippen molar-refractivity contribution in [2.24, 2.45) is 5.84 Å². The summed E-state index contributed by atoms with van der Waals surface area (Å²) in [6, 6.07) is 8.12. The Hall–Kier alpha value is -0.390. The number of rotatable bonds is 5. The summed E-state index contributed by atoms with van der Waals surface area (Å²) in [7, 11) is 0. The van der Waals surface area contributed by atoms with Crippen LogP contribution in [-0.4, -0.2) is 0 Å². The molecule has 2 rings (SSSR count). The lowest BCUT2D eigenvalue weighted by atomic mass is 10.0. The smallest absolute Gasteiger partial charge is 0.0464 e. The number of aryl methyl sites for hydroxylation is 1. The minimum Gasteiger partial charge on any atom is -0.271 e. The molecular weight excluding hydrogens is 332 g/mol. The lowest BCUT2D eigenvalue weighted by Gasteiger charge is -2.16. The fraction of sp³-hybridized carbons (Fsp3) is 0.231. The van der Waals surface area contributed by atoms with Crippen molar-refractivity contribution in [2.75, 3.05) is 0 Å². The highest BCUT2D eigenvalue weighted by molar-refractivity contribution is 9.10. The molecule has 96 valence electrons. The summed E-state index contributed by atoms with van der Waals surface area (Å²) >= 11 is 11.2. The summed E-state index contributed by atoms with van der Waals surface area (Å²) in [5, 5.41) is 4.98. The van der Waals surface area contributed by atoms with Gasteiger partial charge in [-0.2, -0.15) is 11.3 Å². The Morgan fingerprint density at radius 3 is 2.83 bits per heavy atom. The van der Waals surface area contributed by atoms with Gasteiger partial charge in [0.2, 0.25) is 0 Å². The van der Waals surface area contributed by atoms with Crippen molar-refractivity contribution in [3.63, 3.8) is 0 Å². The molecule has 1 heterocycles. The maximum atomic E-state index is 6.05. The van der Waals surface area contributed by atoms with E-state index in [9.17, 15) is 0 Å². The van der Waals surface area contributed by atoms with E-state index in [1.165, 1.54) is 5.56 Å². The second-order valence-corrected chi connectivity index (χ2v) is 6.22. The largest absolute Gasteiger partial charge is 0.271 e. The molecule has 1 aromatic carbocycles. The van der Waals surface area contributed by atoms with Crippen LogP contribution >= 0.6 is 38.9 Å². The molecule has 5 heteroatoms. The van der Waals surface area contributed by atoms with Gasteiger partial charge >= 0.3 is 0 Å². The Kier molecular flexibility index (Phi) is 5.21. The average molecular weight is 346 g/mol. The van der Waals surface area contributed by atoms with Gasteiger partial charge < -0.3 is 0 Å². The predicted molar refractivity (Wildman–Crippen MR) is 81.9 cm³/mol. The molecule has 1 aromatic heterocycles. The van der Waals surface area contributed by atoms with E-state index in [1.807, 2.05) is 18.2 Å². The van der Waals surface area contributed by atoms with Crippen molar-refractivity contribution in [2.45, 2.75) is 18.9 Å². The van der Waals surface area contributed by atoms with Gasteiger partial charge in [0.05, 0.1) is 0 Å². The van der Waals surface area contributed by atoms with Crippen LogP contribution in [0.15, 0.2) is 39.5 Å². The van der Waals surface area contributed by atoms with Crippen molar-refractivity contribution < 1.29 is 0 Å². The highest BCUT2D eigenvalue weighted by Crippen LogP contribution is 2.26. The number of hydrazine groups is 1. The van der Waals surface area contributed by atoms with Gasteiger partial charge in [0.25, 0.3) is 0 Å². The monoisotopic (exact) mass is 344 g/mol. The van der Waals surface area contributed by atoms with E-state index in [2.05, 4.69) is 38.2 Å². The van der Waals surface area contributed by atoms with E-state index in [0.717, 1.165) is 27.9 Å². The van der Waals surface area contributed by atoms with Gasteiger partial charge in [-0.1, -0.05) is 27.5 Å². The molecule has 18 heavy (non-hydrogen) atoms. The van der Waals surface area contributed by atoms with E-state index < -0.39 is 0 Å². The predicted octanol–water partition coefficient (Wildman–Crippen LogP) is 4.30. The molecule has 2 aromatic rings. The van der Waals surface area contributed by atoms with Crippen LogP contribution in [0.4, 0.5) is 0 Å². The van der Waals surface area contributed by atoms with E-state index in [-0.39, 0.29) is 6.04 Å². The van der Waals surface area contributed by atoms with Crippen LogP contribution in [0.25, 0.3) is 0 Å². The third-order valence-electron chi connectivity index (χ3n) is 2.79. The summed E-state index contributed by atoms with van der Waals surface area (Å²) in [5.41, 5.74) is 5.31. The quantitative estimate of drug-likeness (QED) is 0.626. The first-order chi connectivity index (χ1) is 8.69. The third kappa shape index (κ3) is 3.80. The van der Waals surface area contributed by atoms with Crippen molar-refractivity contribution in [1.82, 2.24) is 5.43 Å². The zero-order chi connectivity index (χ0) is 13.0. The molecule has 3 N–H and O–H groups in total. The van der Waals surface area contributed by atoms with Crippen LogP contribution in [0.3, 0.4) is 0 Å². The fourth-order valence-corrected chi connectivity index (χ4v) is 3.46. The molecule has 0 spiro atoms. The van der Waals surface area contributed by atoms with Crippen LogP contribution in [-0.2, 0) is 6.42 Å². The molecular formula is C13H14BrClN2S. The maximum absolute atomic E-state index is 6.05. The molecule has 0 fully saturated rings. The Bertz CT molecular complexity index is 481. The summed E-state index contributed by atoms with van der Waals surface area (Å²) in [5.74, 6) is 5.64. The molecule has 0 aliphatic carbocycles. The molecule has 0 aliphatic heterocycles. The zero-order valence-electron chi connectivity index (χ0n) is 9.70. The van der Waals surface area contributed by atoms with Gasteiger partial charge in [-0.15, -0.1) is 0 Å². The Morgan fingerprint density at radius 1 is 1.39 bits per heavy atom. The summed E-state index contributed by atoms with van der Waals surface area (Å²) < 4.78 is 0.973. The van der Waals surface area contributed by atoms with E-state index in [1.54, 1.807) is 11.3 Å². The van der Waals surface area contributed by atoms with Gasteiger partial charge in [-0.3, -0.25) is 11.3 Å². The molecule has 0 saturated carbocycles. The second-order valence-electron chi connectivity index (χ2n) is 4.09. The third-order valence-corrected chi connectivity index (χ3v) is 4.20. The molecule has 0 amide bonds. The minimum atomic E-state index is 0.111. The molecule has 1 unspecified atom stereocenters. The van der Waals surface area contributed by atoms with Crippen LogP contribution < -0.4 is 11.3 Å². The fourth-order valence-electron chi connectivity index (χ4n) is 1.87. The van der Waals surface area contributed by atoms with E-state index in [0.29, 0.717) is 0 Å². The zero-order valence-corrected chi connectivity index (χ0v) is 12.9. The van der Waals surface area contributed by atoms with E-state index >= 15 is 0 Å². The maximum Gasteiger partial charge on any atom is 0.0464 e. The number of thiophene rings is 1. The molecule has 2 nitrogen and oxygen atoms in total. The van der Waals surface area contributed by atoms with Gasteiger partial charge in [-0.05, 0) is 59.0 Å². The topological polar surface area (TPSA) is 38.0 Å². The highest BCUT2D eigenvalue weighted by atomic mass is 79.9. The standard InChI is InChI=1S/C13H14BrClN2S/c14-11-5-10(6-12(15)7-11)13(17-16)2-1-9-3-4-18-8-9/h3-8,13,17H,1-2,16H2. The van der Waals surface area contributed by atoms with Gasteiger partial charge in [-0.25, -0.2) is 0 Å². The van der Waals surface area contributed by atoms with Crippen molar-refractivity contribution >= 4 is 38.9 Å². The Balaban J connectivity index is 2.07. The first-order valence-corrected chi connectivity index (χ1v) is 7.73.